The quantitative estimate of drug-likeness (QED) is 0.587. The van der Waals surface area contributed by atoms with Crippen molar-refractivity contribution in [3.05, 3.63) is 0 Å². The molecule has 2 heteroatoms. The van der Waals surface area contributed by atoms with Gasteiger partial charge in [-0.2, -0.15) is 0 Å². The molecule has 0 amide bonds. The van der Waals surface area contributed by atoms with Crippen LogP contribution in [0, 0.1) is 5.92 Å². The molecule has 52 valence electrons. The third kappa shape index (κ3) is 1.52. The predicted molar refractivity (Wildman–Crippen MR) is 36.3 cm³/mol. The first-order valence-electron chi connectivity index (χ1n) is 3.58. The van der Waals surface area contributed by atoms with Crippen LogP contribution in [0.3, 0.4) is 0 Å². The van der Waals surface area contributed by atoms with E-state index in [1.165, 1.54) is 0 Å². The van der Waals surface area contributed by atoms with E-state index in [1.54, 1.807) is 0 Å². The first-order chi connectivity index (χ1) is 4.34. The third-order valence-electron chi connectivity index (χ3n) is 1.86. The fourth-order valence-electron chi connectivity index (χ4n) is 1.22. The number of carbonyl (C=O) groups is 1. The Kier molecular flexibility index (Phi) is 2.22. The van der Waals surface area contributed by atoms with E-state index in [0.717, 1.165) is 19.5 Å². The molecule has 1 N–H and O–H groups in total. The lowest BCUT2D eigenvalue weighted by Gasteiger charge is -2.02. The molecule has 1 fully saturated rings. The lowest BCUT2D eigenvalue weighted by molar-refractivity contribution is -0.121. The van der Waals surface area contributed by atoms with E-state index in [9.17, 15) is 4.79 Å². The molecule has 0 saturated carbocycles. The molecular formula is C7H13NO. The third-order valence-corrected chi connectivity index (χ3v) is 1.86. The van der Waals surface area contributed by atoms with Crippen molar-refractivity contribution in [2.45, 2.75) is 19.8 Å². The Labute approximate surface area is 55.6 Å². The minimum absolute atomic E-state index is 0.329. The van der Waals surface area contributed by atoms with E-state index in [0.29, 0.717) is 18.1 Å². The van der Waals surface area contributed by atoms with Crippen LogP contribution in [0.4, 0.5) is 0 Å². The Morgan fingerprint density at radius 2 is 2.56 bits per heavy atom. The van der Waals surface area contributed by atoms with Crippen molar-refractivity contribution in [1.29, 1.82) is 0 Å². The van der Waals surface area contributed by atoms with Gasteiger partial charge in [0.15, 0.2) is 0 Å². The second-order valence-corrected chi connectivity index (χ2v) is 2.51. The van der Waals surface area contributed by atoms with Crippen LogP contribution in [0.5, 0.6) is 0 Å². The van der Waals surface area contributed by atoms with Crippen LogP contribution in [-0.4, -0.2) is 18.9 Å². The van der Waals surface area contributed by atoms with Gasteiger partial charge in [-0.3, -0.25) is 4.79 Å². The summed E-state index contributed by atoms with van der Waals surface area (Å²) < 4.78 is 0. The van der Waals surface area contributed by atoms with Crippen molar-refractivity contribution in [2.24, 2.45) is 5.92 Å². The molecule has 0 spiro atoms. The second kappa shape index (κ2) is 2.97. The van der Waals surface area contributed by atoms with Gasteiger partial charge < -0.3 is 5.32 Å². The Morgan fingerprint density at radius 1 is 1.78 bits per heavy atom. The minimum atomic E-state index is 0.329. The van der Waals surface area contributed by atoms with Crippen LogP contribution in [-0.2, 0) is 4.79 Å². The zero-order valence-electron chi connectivity index (χ0n) is 5.81. The largest absolute Gasteiger partial charge is 0.316 e. The van der Waals surface area contributed by atoms with Gasteiger partial charge in [-0.05, 0) is 13.0 Å². The molecule has 0 aromatic heterocycles. The van der Waals surface area contributed by atoms with Crippen LogP contribution in [0.2, 0.25) is 0 Å². The highest BCUT2D eigenvalue weighted by atomic mass is 16.1. The number of Topliss-reactive ketones (excluding diaryl/α,β-unsaturated/α-hetero) is 1. The maximum absolute atomic E-state index is 11.0. The van der Waals surface area contributed by atoms with E-state index in [-0.39, 0.29) is 0 Å². The van der Waals surface area contributed by atoms with E-state index in [4.69, 9.17) is 0 Å². The first kappa shape index (κ1) is 6.75. The summed E-state index contributed by atoms with van der Waals surface area (Å²) in [4.78, 5) is 11.0. The minimum Gasteiger partial charge on any atom is -0.316 e. The molecule has 1 atom stereocenters. The number of hydrogen-bond acceptors (Lipinski definition) is 2. The molecule has 0 aliphatic carbocycles. The Bertz CT molecular complexity index is 105. The van der Waals surface area contributed by atoms with Gasteiger partial charge >= 0.3 is 0 Å². The molecule has 0 aromatic carbocycles. The van der Waals surface area contributed by atoms with Gasteiger partial charge in [0.2, 0.25) is 0 Å². The van der Waals surface area contributed by atoms with Crippen LogP contribution >= 0.6 is 0 Å². The highest BCUT2D eigenvalue weighted by Gasteiger charge is 2.19. The Morgan fingerprint density at radius 3 is 3.00 bits per heavy atom. The van der Waals surface area contributed by atoms with Gasteiger partial charge in [0.25, 0.3) is 0 Å². The summed E-state index contributed by atoms with van der Waals surface area (Å²) >= 11 is 0. The number of rotatable bonds is 2. The zero-order chi connectivity index (χ0) is 6.69. The van der Waals surface area contributed by atoms with Gasteiger partial charge in [0.05, 0.1) is 0 Å². The molecule has 1 aliphatic rings. The van der Waals surface area contributed by atoms with Crippen molar-refractivity contribution in [1.82, 2.24) is 5.32 Å². The summed E-state index contributed by atoms with van der Waals surface area (Å²) in [6.45, 7) is 3.86. The van der Waals surface area contributed by atoms with Gasteiger partial charge in [0, 0.05) is 18.9 Å². The van der Waals surface area contributed by atoms with Crippen molar-refractivity contribution in [3.8, 4) is 0 Å². The Hall–Kier alpha value is -0.370. The number of hydrogen-bond donors (Lipinski definition) is 1. The predicted octanol–water partition coefficient (Wildman–Crippen LogP) is 0.575. The summed E-state index contributed by atoms with van der Waals surface area (Å²) in [7, 11) is 0. The van der Waals surface area contributed by atoms with Crippen LogP contribution in [0.1, 0.15) is 19.8 Å². The molecule has 0 unspecified atom stereocenters. The summed E-state index contributed by atoms with van der Waals surface area (Å²) in [5, 5.41) is 3.17. The van der Waals surface area contributed by atoms with E-state index < -0.39 is 0 Å². The maximum atomic E-state index is 11.0. The summed E-state index contributed by atoms with van der Waals surface area (Å²) in [6, 6.07) is 0. The first-order valence-corrected chi connectivity index (χ1v) is 3.58. The SMILES string of the molecule is CCC(=O)[C@@H]1CCNC1. The molecule has 1 heterocycles. The summed E-state index contributed by atoms with van der Waals surface area (Å²) in [5.74, 6) is 0.745. The molecular weight excluding hydrogens is 114 g/mol. The average Bonchev–Trinajstić information content (AvgIpc) is 2.37. The number of ketones is 1. The monoisotopic (exact) mass is 127 g/mol. The standard InChI is InChI=1S/C7H13NO/c1-2-7(9)6-3-4-8-5-6/h6,8H,2-5H2,1H3/t6-/m1/s1. The number of carbonyl (C=O) groups excluding carboxylic acids is 1. The summed E-state index contributed by atoms with van der Waals surface area (Å²) in [6.07, 6.45) is 1.75. The van der Waals surface area contributed by atoms with Gasteiger partial charge in [-0.1, -0.05) is 6.92 Å². The molecule has 1 aliphatic heterocycles. The van der Waals surface area contributed by atoms with E-state index in [2.05, 4.69) is 5.32 Å². The average molecular weight is 127 g/mol. The summed E-state index contributed by atoms with van der Waals surface area (Å²) in [5.41, 5.74) is 0. The van der Waals surface area contributed by atoms with Crippen molar-refractivity contribution < 1.29 is 4.79 Å². The Balaban J connectivity index is 2.32. The maximum Gasteiger partial charge on any atom is 0.137 e. The molecule has 1 saturated heterocycles. The van der Waals surface area contributed by atoms with Gasteiger partial charge in [0.1, 0.15) is 5.78 Å². The number of nitrogens with one attached hydrogen (secondary N) is 1. The van der Waals surface area contributed by atoms with Gasteiger partial charge in [-0.15, -0.1) is 0 Å². The van der Waals surface area contributed by atoms with E-state index >= 15 is 0 Å². The van der Waals surface area contributed by atoms with Crippen LogP contribution < -0.4 is 5.32 Å². The fourth-order valence-corrected chi connectivity index (χ4v) is 1.22. The highest BCUT2D eigenvalue weighted by molar-refractivity contribution is 5.81. The molecule has 0 bridgehead atoms. The second-order valence-electron chi connectivity index (χ2n) is 2.51. The van der Waals surface area contributed by atoms with E-state index in [1.807, 2.05) is 6.92 Å². The van der Waals surface area contributed by atoms with Crippen molar-refractivity contribution in [3.63, 3.8) is 0 Å². The topological polar surface area (TPSA) is 29.1 Å². The lowest BCUT2D eigenvalue weighted by Crippen LogP contribution is -2.16. The van der Waals surface area contributed by atoms with Crippen molar-refractivity contribution in [2.75, 3.05) is 13.1 Å². The van der Waals surface area contributed by atoms with Crippen LogP contribution in [0.15, 0.2) is 0 Å². The van der Waals surface area contributed by atoms with Gasteiger partial charge in [-0.25, -0.2) is 0 Å². The van der Waals surface area contributed by atoms with Crippen LogP contribution in [0.25, 0.3) is 0 Å². The van der Waals surface area contributed by atoms with Crippen molar-refractivity contribution >= 4 is 5.78 Å². The zero-order valence-corrected chi connectivity index (χ0v) is 5.81. The molecule has 9 heavy (non-hydrogen) atoms. The molecule has 1 rings (SSSR count). The molecule has 0 radical (unpaired) electrons. The molecule has 0 aromatic rings. The fraction of sp³-hybridized carbons (Fsp3) is 0.857. The normalized spacial score (nSPS) is 26.6. The smallest absolute Gasteiger partial charge is 0.137 e. The lowest BCUT2D eigenvalue weighted by atomic mass is 10.0. The highest BCUT2D eigenvalue weighted by Crippen LogP contribution is 2.09. The molecule has 2 nitrogen and oxygen atoms in total.